The van der Waals surface area contributed by atoms with Gasteiger partial charge in [0.05, 0.1) is 16.8 Å². The molecule has 1 N–H and O–H groups in total. The lowest BCUT2D eigenvalue weighted by Crippen LogP contribution is -2.12. The summed E-state index contributed by atoms with van der Waals surface area (Å²) in [5, 5.41) is 12.8. The third kappa shape index (κ3) is 1.87. The molecule has 0 fully saturated rings. The Morgan fingerprint density at radius 3 is 2.95 bits per heavy atom. The SMILES string of the molecule is O=C(O)c1c2c(nc3ccc(Cl)cc13)-c1ccsc1CC2. The van der Waals surface area contributed by atoms with Gasteiger partial charge in [0.15, 0.2) is 0 Å². The van der Waals surface area contributed by atoms with Gasteiger partial charge in [0.1, 0.15) is 0 Å². The van der Waals surface area contributed by atoms with E-state index in [4.69, 9.17) is 16.6 Å². The highest BCUT2D eigenvalue weighted by molar-refractivity contribution is 7.10. The van der Waals surface area contributed by atoms with Gasteiger partial charge in [-0.15, -0.1) is 11.3 Å². The standard InChI is InChI=1S/C16H10ClNO2S/c17-8-1-3-12-11(7-8)14(16(19)20)10-2-4-13-9(5-6-21-13)15(10)18-12/h1,3,5-7H,2,4H2,(H,19,20). The van der Waals surface area contributed by atoms with E-state index in [1.807, 2.05) is 11.4 Å². The molecule has 0 saturated heterocycles. The summed E-state index contributed by atoms with van der Waals surface area (Å²) in [7, 11) is 0. The quantitative estimate of drug-likeness (QED) is 0.723. The fourth-order valence-electron chi connectivity index (χ4n) is 2.97. The number of hydrogen-bond acceptors (Lipinski definition) is 3. The highest BCUT2D eigenvalue weighted by Gasteiger charge is 2.26. The van der Waals surface area contributed by atoms with Crippen molar-refractivity contribution in [1.29, 1.82) is 0 Å². The summed E-state index contributed by atoms with van der Waals surface area (Å²) in [6, 6.07) is 7.24. The Labute approximate surface area is 129 Å². The van der Waals surface area contributed by atoms with E-state index in [0.717, 1.165) is 23.2 Å². The predicted octanol–water partition coefficient (Wildman–Crippen LogP) is 4.41. The number of hydrogen-bond donors (Lipinski definition) is 1. The Hall–Kier alpha value is -1.91. The van der Waals surface area contributed by atoms with Crippen LogP contribution in [0, 0.1) is 0 Å². The van der Waals surface area contributed by atoms with E-state index in [0.29, 0.717) is 27.9 Å². The largest absolute Gasteiger partial charge is 0.478 e. The van der Waals surface area contributed by atoms with Crippen molar-refractivity contribution in [1.82, 2.24) is 4.98 Å². The first-order chi connectivity index (χ1) is 10.1. The second-order valence-electron chi connectivity index (χ2n) is 5.04. The Balaban J connectivity index is 2.15. The number of carbonyl (C=O) groups is 1. The van der Waals surface area contributed by atoms with Gasteiger partial charge in [0, 0.05) is 20.8 Å². The number of aromatic carboxylic acids is 1. The monoisotopic (exact) mass is 315 g/mol. The predicted molar refractivity (Wildman–Crippen MR) is 84.4 cm³/mol. The molecule has 4 rings (SSSR count). The van der Waals surface area contributed by atoms with E-state index >= 15 is 0 Å². The molecule has 0 bridgehead atoms. The first-order valence-corrected chi connectivity index (χ1v) is 7.83. The molecule has 104 valence electrons. The summed E-state index contributed by atoms with van der Waals surface area (Å²) in [4.78, 5) is 17.8. The molecule has 3 aromatic rings. The highest BCUT2D eigenvalue weighted by atomic mass is 35.5. The molecule has 1 aliphatic rings. The normalized spacial score (nSPS) is 13.0. The summed E-state index contributed by atoms with van der Waals surface area (Å²) >= 11 is 7.73. The van der Waals surface area contributed by atoms with Crippen molar-refractivity contribution in [3.8, 4) is 11.3 Å². The van der Waals surface area contributed by atoms with Crippen molar-refractivity contribution in [2.75, 3.05) is 0 Å². The zero-order chi connectivity index (χ0) is 14.6. The lowest BCUT2D eigenvalue weighted by molar-refractivity contribution is 0.0698. The van der Waals surface area contributed by atoms with Crippen molar-refractivity contribution >= 4 is 39.8 Å². The van der Waals surface area contributed by atoms with Crippen molar-refractivity contribution in [3.63, 3.8) is 0 Å². The Bertz CT molecular complexity index is 901. The maximum absolute atomic E-state index is 11.8. The van der Waals surface area contributed by atoms with Crippen molar-refractivity contribution in [3.05, 3.63) is 50.7 Å². The van der Waals surface area contributed by atoms with E-state index in [2.05, 4.69) is 0 Å². The maximum atomic E-state index is 11.8. The van der Waals surface area contributed by atoms with Crippen LogP contribution in [0.15, 0.2) is 29.6 Å². The summed E-state index contributed by atoms with van der Waals surface area (Å²) < 4.78 is 0. The van der Waals surface area contributed by atoms with E-state index in [1.165, 1.54) is 4.88 Å². The van der Waals surface area contributed by atoms with Crippen molar-refractivity contribution in [2.24, 2.45) is 0 Å². The number of nitrogens with zero attached hydrogens (tertiary/aromatic N) is 1. The molecule has 0 aliphatic heterocycles. The van der Waals surface area contributed by atoms with Crippen LogP contribution in [0.5, 0.6) is 0 Å². The third-order valence-electron chi connectivity index (χ3n) is 3.86. The third-order valence-corrected chi connectivity index (χ3v) is 5.08. The first-order valence-electron chi connectivity index (χ1n) is 6.57. The fourth-order valence-corrected chi connectivity index (χ4v) is 4.02. The molecule has 1 aromatic carbocycles. The lowest BCUT2D eigenvalue weighted by Gasteiger charge is -2.19. The number of thiophene rings is 1. The molecule has 0 spiro atoms. The summed E-state index contributed by atoms with van der Waals surface area (Å²) in [5.74, 6) is -0.917. The van der Waals surface area contributed by atoms with Gasteiger partial charge in [-0.3, -0.25) is 0 Å². The van der Waals surface area contributed by atoms with Crippen LogP contribution in [0.1, 0.15) is 20.8 Å². The van der Waals surface area contributed by atoms with Crippen LogP contribution >= 0.6 is 22.9 Å². The topological polar surface area (TPSA) is 50.2 Å². The molecule has 5 heteroatoms. The number of aryl methyl sites for hydroxylation is 1. The van der Waals surface area contributed by atoms with Crippen LogP contribution in [-0.2, 0) is 12.8 Å². The molecule has 2 heterocycles. The first kappa shape index (κ1) is 12.8. The van der Waals surface area contributed by atoms with Crippen LogP contribution in [-0.4, -0.2) is 16.1 Å². The number of aromatic nitrogens is 1. The van der Waals surface area contributed by atoms with E-state index in [1.54, 1.807) is 29.5 Å². The molecule has 0 atom stereocenters. The molecule has 0 radical (unpaired) electrons. The van der Waals surface area contributed by atoms with Gasteiger partial charge >= 0.3 is 5.97 Å². The van der Waals surface area contributed by atoms with Crippen molar-refractivity contribution in [2.45, 2.75) is 12.8 Å². The van der Waals surface area contributed by atoms with Gasteiger partial charge in [-0.25, -0.2) is 9.78 Å². The summed E-state index contributed by atoms with van der Waals surface area (Å²) in [6.07, 6.45) is 1.58. The molecular weight excluding hydrogens is 306 g/mol. The number of halogens is 1. The number of benzene rings is 1. The molecule has 0 unspecified atom stereocenters. The van der Waals surface area contributed by atoms with Gasteiger partial charge in [-0.2, -0.15) is 0 Å². The van der Waals surface area contributed by atoms with Crippen LogP contribution < -0.4 is 0 Å². The number of fused-ring (bicyclic) bond motifs is 4. The minimum Gasteiger partial charge on any atom is -0.478 e. The molecule has 3 nitrogen and oxygen atoms in total. The average molecular weight is 316 g/mol. The van der Waals surface area contributed by atoms with Crippen LogP contribution in [0.25, 0.3) is 22.2 Å². The number of pyridine rings is 1. The minimum absolute atomic E-state index is 0.342. The van der Waals surface area contributed by atoms with Gasteiger partial charge in [0.2, 0.25) is 0 Å². The van der Waals surface area contributed by atoms with Gasteiger partial charge < -0.3 is 5.11 Å². The average Bonchev–Trinajstić information content (AvgIpc) is 2.93. The van der Waals surface area contributed by atoms with Crippen molar-refractivity contribution < 1.29 is 9.90 Å². The fraction of sp³-hybridized carbons (Fsp3) is 0.125. The number of rotatable bonds is 1. The molecular formula is C16H10ClNO2S. The molecule has 2 aromatic heterocycles. The summed E-state index contributed by atoms with van der Waals surface area (Å²) in [5.41, 5.74) is 3.72. The lowest BCUT2D eigenvalue weighted by atomic mass is 9.89. The van der Waals surface area contributed by atoms with Gasteiger partial charge in [-0.05, 0) is 48.1 Å². The Morgan fingerprint density at radius 1 is 1.29 bits per heavy atom. The van der Waals surface area contributed by atoms with E-state index < -0.39 is 5.97 Å². The molecule has 21 heavy (non-hydrogen) atoms. The smallest absolute Gasteiger partial charge is 0.336 e. The second-order valence-corrected chi connectivity index (χ2v) is 6.48. The Morgan fingerprint density at radius 2 is 2.14 bits per heavy atom. The number of carboxylic acid groups (broad SMARTS) is 1. The van der Waals surface area contributed by atoms with Crippen LogP contribution in [0.2, 0.25) is 5.02 Å². The van der Waals surface area contributed by atoms with Crippen LogP contribution in [0.3, 0.4) is 0 Å². The van der Waals surface area contributed by atoms with Gasteiger partial charge in [0.25, 0.3) is 0 Å². The minimum atomic E-state index is -0.917. The maximum Gasteiger partial charge on any atom is 0.336 e. The number of carboxylic acids is 1. The highest BCUT2D eigenvalue weighted by Crippen LogP contribution is 2.39. The Kier molecular flexibility index (Phi) is 2.77. The van der Waals surface area contributed by atoms with Crippen LogP contribution in [0.4, 0.5) is 0 Å². The molecule has 1 aliphatic carbocycles. The van der Waals surface area contributed by atoms with E-state index in [-0.39, 0.29) is 0 Å². The second kappa shape index (κ2) is 4.55. The molecule has 0 amide bonds. The molecule has 0 saturated carbocycles. The summed E-state index contributed by atoms with van der Waals surface area (Å²) in [6.45, 7) is 0. The van der Waals surface area contributed by atoms with Gasteiger partial charge in [-0.1, -0.05) is 11.6 Å². The zero-order valence-electron chi connectivity index (χ0n) is 10.9. The zero-order valence-corrected chi connectivity index (χ0v) is 12.5. The van der Waals surface area contributed by atoms with E-state index in [9.17, 15) is 9.90 Å².